The molecule has 1 aliphatic rings. The minimum Gasteiger partial charge on any atom is -0.302 e. The molecule has 1 aliphatic carbocycles. The number of halogens is 1. The Balaban J connectivity index is 2.23. The highest BCUT2D eigenvalue weighted by atomic mass is 127. The smallest absolute Gasteiger partial charge is 0.0744 e. The molecule has 10 heavy (non-hydrogen) atoms. The molecule has 0 aromatic heterocycles. The van der Waals surface area contributed by atoms with E-state index >= 15 is 0 Å². The Morgan fingerprint density at radius 1 is 1.60 bits per heavy atom. The summed E-state index contributed by atoms with van der Waals surface area (Å²) in [5.41, 5.74) is 0. The van der Waals surface area contributed by atoms with Gasteiger partial charge in [0, 0.05) is 27.1 Å². The molecular weight excluding hydrogens is 261 g/mol. The second kappa shape index (κ2) is 4.42. The number of hydrogen-bond acceptors (Lipinski definition) is 3. The van der Waals surface area contributed by atoms with E-state index in [2.05, 4.69) is 27.3 Å². The van der Waals surface area contributed by atoms with Gasteiger partial charge < -0.3 is 4.18 Å². The molecule has 0 saturated heterocycles. The summed E-state index contributed by atoms with van der Waals surface area (Å²) in [4.78, 5) is 0. The monoisotopic (exact) mass is 269 g/mol. The van der Waals surface area contributed by atoms with Crippen molar-refractivity contribution in [2.75, 3.05) is 0 Å². The van der Waals surface area contributed by atoms with Crippen LogP contribution in [-0.2, 0) is 4.18 Å². The molecule has 2 atom stereocenters. The van der Waals surface area contributed by atoms with Crippen molar-refractivity contribution in [2.24, 2.45) is 5.92 Å². The van der Waals surface area contributed by atoms with E-state index in [1.165, 1.54) is 9.21 Å². The number of hydrogen-bond donors (Lipinski definition) is 0. The zero-order valence-corrected chi connectivity index (χ0v) is 8.39. The second-order valence-corrected chi connectivity index (χ2v) is 3.82. The summed E-state index contributed by atoms with van der Waals surface area (Å²) < 4.78 is 5.29. The van der Waals surface area contributed by atoms with Gasteiger partial charge in [0.1, 0.15) is 0 Å². The van der Waals surface area contributed by atoms with Gasteiger partial charge in [-0.25, -0.2) is 0 Å². The minimum absolute atomic E-state index is 0.244. The summed E-state index contributed by atoms with van der Waals surface area (Å²) in [7, 11) is 1.37. The van der Waals surface area contributed by atoms with Gasteiger partial charge in [-0.2, -0.15) is 5.26 Å². The van der Waals surface area contributed by atoms with Crippen molar-refractivity contribution in [1.82, 2.24) is 0 Å². The van der Waals surface area contributed by atoms with Crippen LogP contribution in [0, 0.1) is 17.2 Å². The molecule has 0 amide bonds. The van der Waals surface area contributed by atoms with Crippen LogP contribution in [-0.4, -0.2) is 6.10 Å². The fourth-order valence-electron chi connectivity index (χ4n) is 1.20. The van der Waals surface area contributed by atoms with Crippen molar-refractivity contribution in [1.29, 1.82) is 5.26 Å². The first-order valence-electron chi connectivity index (χ1n) is 3.20. The lowest BCUT2D eigenvalue weighted by Crippen LogP contribution is -2.01. The molecule has 1 rings (SSSR count). The SMILES string of the molecule is N#CC1CCC(OSI)C1. The molecule has 0 N–H and O–H groups in total. The van der Waals surface area contributed by atoms with Gasteiger partial charge in [0.15, 0.2) is 0 Å². The largest absolute Gasteiger partial charge is 0.302 e. The maximum absolute atomic E-state index is 8.54. The van der Waals surface area contributed by atoms with Gasteiger partial charge in [0.05, 0.1) is 21.4 Å². The van der Waals surface area contributed by atoms with E-state index in [9.17, 15) is 0 Å². The van der Waals surface area contributed by atoms with Crippen LogP contribution in [0.1, 0.15) is 19.3 Å². The maximum atomic E-state index is 8.54. The third kappa shape index (κ3) is 2.29. The summed E-state index contributed by atoms with van der Waals surface area (Å²) in [6, 6.07) is 2.26. The van der Waals surface area contributed by atoms with Crippen molar-refractivity contribution in [3.63, 3.8) is 0 Å². The van der Waals surface area contributed by atoms with Crippen LogP contribution in [0.15, 0.2) is 0 Å². The van der Waals surface area contributed by atoms with Gasteiger partial charge >= 0.3 is 0 Å². The Morgan fingerprint density at radius 3 is 2.90 bits per heavy atom. The average Bonchev–Trinajstić information content (AvgIpc) is 2.37. The topological polar surface area (TPSA) is 33.0 Å². The maximum Gasteiger partial charge on any atom is 0.0744 e. The summed E-state index contributed by atoms with van der Waals surface area (Å²) in [6.07, 6.45) is 3.31. The van der Waals surface area contributed by atoms with Crippen molar-refractivity contribution in [2.45, 2.75) is 25.4 Å². The van der Waals surface area contributed by atoms with Gasteiger partial charge in [0.2, 0.25) is 0 Å². The number of rotatable bonds is 2. The molecule has 2 unspecified atom stereocenters. The molecule has 4 heteroatoms. The molecule has 0 spiro atoms. The van der Waals surface area contributed by atoms with Crippen LogP contribution in [0.4, 0.5) is 0 Å². The Bertz CT molecular complexity index is 147. The molecular formula is C6H8INOS. The predicted octanol–water partition coefficient (Wildman–Crippen LogP) is 2.69. The Kier molecular flexibility index (Phi) is 3.81. The summed E-state index contributed by atoms with van der Waals surface area (Å²) in [5.74, 6) is 0.244. The van der Waals surface area contributed by atoms with Crippen LogP contribution in [0.5, 0.6) is 0 Å². The number of nitriles is 1. The summed E-state index contributed by atoms with van der Waals surface area (Å²) >= 11 is 2.11. The van der Waals surface area contributed by atoms with Crippen LogP contribution in [0.3, 0.4) is 0 Å². The zero-order chi connectivity index (χ0) is 7.40. The molecule has 0 heterocycles. The molecule has 1 saturated carbocycles. The first-order chi connectivity index (χ1) is 4.86. The van der Waals surface area contributed by atoms with Gasteiger partial charge in [-0.1, -0.05) is 0 Å². The molecule has 0 radical (unpaired) electrons. The van der Waals surface area contributed by atoms with Crippen molar-refractivity contribution in [3.05, 3.63) is 0 Å². The molecule has 1 fully saturated rings. The number of nitrogens with zero attached hydrogens (tertiary/aromatic N) is 1. The molecule has 2 nitrogen and oxygen atoms in total. The second-order valence-electron chi connectivity index (χ2n) is 2.42. The first-order valence-corrected chi connectivity index (χ1v) is 6.49. The highest BCUT2D eigenvalue weighted by Crippen LogP contribution is 2.31. The Hall–Kier alpha value is 0.530. The highest BCUT2D eigenvalue weighted by Gasteiger charge is 2.24. The van der Waals surface area contributed by atoms with Crippen LogP contribution in [0.25, 0.3) is 0 Å². The summed E-state index contributed by atoms with van der Waals surface area (Å²) in [6.45, 7) is 0. The molecule has 0 bridgehead atoms. The van der Waals surface area contributed by atoms with E-state index in [-0.39, 0.29) is 5.92 Å². The third-order valence-electron chi connectivity index (χ3n) is 1.74. The van der Waals surface area contributed by atoms with Crippen LogP contribution < -0.4 is 0 Å². The van der Waals surface area contributed by atoms with E-state index in [1.807, 2.05) is 0 Å². The van der Waals surface area contributed by atoms with E-state index in [1.54, 1.807) is 0 Å². The predicted molar refractivity (Wildman–Crippen MR) is 49.4 cm³/mol. The minimum atomic E-state index is 0.244. The quantitative estimate of drug-likeness (QED) is 0.570. The molecule has 56 valence electrons. The van der Waals surface area contributed by atoms with Crippen molar-refractivity contribution < 1.29 is 4.18 Å². The van der Waals surface area contributed by atoms with Crippen molar-refractivity contribution >= 4 is 30.4 Å². The lowest BCUT2D eigenvalue weighted by Gasteiger charge is -2.04. The first kappa shape index (κ1) is 8.62. The van der Waals surface area contributed by atoms with E-state index in [0.29, 0.717) is 6.10 Å². The van der Waals surface area contributed by atoms with Crippen LogP contribution >= 0.6 is 30.4 Å². The Labute approximate surface area is 77.1 Å². The van der Waals surface area contributed by atoms with Crippen LogP contribution in [0.2, 0.25) is 0 Å². The average molecular weight is 269 g/mol. The molecule has 0 aromatic rings. The standard InChI is InChI=1S/C6H8INOS/c7-10-9-6-2-1-5(3-6)4-8/h5-6H,1-3H2. The van der Waals surface area contributed by atoms with E-state index < -0.39 is 0 Å². The van der Waals surface area contributed by atoms with Gasteiger partial charge in [-0.15, -0.1) is 0 Å². The summed E-state index contributed by atoms with van der Waals surface area (Å²) in [5, 5.41) is 8.54. The highest BCUT2D eigenvalue weighted by molar-refractivity contribution is 14.2. The lowest BCUT2D eigenvalue weighted by atomic mass is 10.1. The van der Waals surface area contributed by atoms with E-state index in [4.69, 9.17) is 9.44 Å². The van der Waals surface area contributed by atoms with Gasteiger partial charge in [-0.3, -0.25) is 0 Å². The van der Waals surface area contributed by atoms with Gasteiger partial charge in [0.25, 0.3) is 0 Å². The van der Waals surface area contributed by atoms with Crippen molar-refractivity contribution in [3.8, 4) is 6.07 Å². The molecule has 0 aliphatic heterocycles. The van der Waals surface area contributed by atoms with E-state index in [0.717, 1.165) is 19.3 Å². The lowest BCUT2D eigenvalue weighted by molar-refractivity contribution is 0.253. The zero-order valence-electron chi connectivity index (χ0n) is 5.42. The fourth-order valence-corrected chi connectivity index (χ4v) is 2.35. The Morgan fingerprint density at radius 2 is 2.40 bits per heavy atom. The normalized spacial score (nSPS) is 32.0. The molecule has 0 aromatic carbocycles. The fraction of sp³-hybridized carbons (Fsp3) is 0.833. The third-order valence-corrected chi connectivity index (χ3v) is 2.71. The van der Waals surface area contributed by atoms with Gasteiger partial charge in [-0.05, 0) is 19.3 Å².